The van der Waals surface area contributed by atoms with E-state index in [1.54, 1.807) is 0 Å². The Morgan fingerprint density at radius 2 is 1.76 bits per heavy atom. The summed E-state index contributed by atoms with van der Waals surface area (Å²) in [5.74, 6) is 0.627. The fourth-order valence-corrected chi connectivity index (χ4v) is 4.41. The van der Waals surface area contributed by atoms with Crippen LogP contribution in [0.2, 0.25) is 0 Å². The largest absolute Gasteiger partial charge is 0.305 e. The summed E-state index contributed by atoms with van der Waals surface area (Å²) >= 11 is 0. The van der Waals surface area contributed by atoms with Gasteiger partial charge in [0.2, 0.25) is 10.0 Å². The average molecular weight is 310 g/mol. The fourth-order valence-electron chi connectivity index (χ4n) is 2.96. The molecule has 1 aliphatic rings. The van der Waals surface area contributed by atoms with Crippen molar-refractivity contribution in [2.75, 3.05) is 19.8 Å². The Morgan fingerprint density at radius 3 is 2.38 bits per heavy atom. The third kappa shape index (κ3) is 5.41. The molecule has 0 saturated heterocycles. The van der Waals surface area contributed by atoms with Crippen molar-refractivity contribution in [3.8, 4) is 0 Å². The van der Waals surface area contributed by atoms with E-state index in [1.165, 1.54) is 18.4 Å². The molecule has 1 fully saturated rings. The van der Waals surface area contributed by atoms with Crippen molar-refractivity contribution in [1.82, 2.24) is 9.62 Å². The molecule has 0 unspecified atom stereocenters. The molecule has 1 saturated carbocycles. The van der Waals surface area contributed by atoms with E-state index < -0.39 is 10.0 Å². The molecule has 0 aromatic heterocycles. The zero-order valence-corrected chi connectivity index (χ0v) is 13.8. The number of rotatable bonds is 7. The van der Waals surface area contributed by atoms with Crippen molar-refractivity contribution in [2.45, 2.75) is 38.8 Å². The molecule has 1 aromatic carbocycles. The van der Waals surface area contributed by atoms with Crippen LogP contribution in [0.4, 0.5) is 0 Å². The molecule has 1 N–H and O–H groups in total. The monoisotopic (exact) mass is 310 g/mol. The van der Waals surface area contributed by atoms with Gasteiger partial charge in [-0.1, -0.05) is 37.1 Å². The third-order valence-electron chi connectivity index (χ3n) is 4.02. The second kappa shape index (κ2) is 7.38. The van der Waals surface area contributed by atoms with Crippen LogP contribution in [0.1, 0.15) is 36.8 Å². The maximum atomic E-state index is 12.2. The van der Waals surface area contributed by atoms with E-state index in [1.807, 2.05) is 32.3 Å². The van der Waals surface area contributed by atoms with Crippen LogP contribution in [0.15, 0.2) is 24.3 Å². The summed E-state index contributed by atoms with van der Waals surface area (Å²) in [5, 5.41) is 0. The minimum atomic E-state index is -3.17. The van der Waals surface area contributed by atoms with Gasteiger partial charge in [0.25, 0.3) is 0 Å². The molecule has 0 radical (unpaired) electrons. The van der Waals surface area contributed by atoms with Crippen LogP contribution in [-0.2, 0) is 23.1 Å². The van der Waals surface area contributed by atoms with Gasteiger partial charge in [0.05, 0.1) is 5.75 Å². The van der Waals surface area contributed by atoms with Gasteiger partial charge in [-0.15, -0.1) is 0 Å². The Bertz CT molecular complexity index is 549. The quantitative estimate of drug-likeness (QED) is 0.841. The first kappa shape index (κ1) is 16.5. The summed E-state index contributed by atoms with van der Waals surface area (Å²) in [7, 11) is 0.858. The van der Waals surface area contributed by atoms with Gasteiger partial charge in [0.1, 0.15) is 0 Å². The lowest BCUT2D eigenvalue weighted by atomic mass is 10.1. The van der Waals surface area contributed by atoms with E-state index in [9.17, 15) is 8.42 Å². The molecule has 118 valence electrons. The van der Waals surface area contributed by atoms with Gasteiger partial charge in [0.15, 0.2) is 0 Å². The molecule has 0 bridgehead atoms. The van der Waals surface area contributed by atoms with Gasteiger partial charge in [-0.3, -0.25) is 0 Å². The summed E-state index contributed by atoms with van der Waals surface area (Å²) in [6.45, 7) is 1.21. The lowest BCUT2D eigenvalue weighted by Crippen LogP contribution is -2.29. The second-order valence-corrected chi connectivity index (χ2v) is 8.11. The van der Waals surface area contributed by atoms with Crippen molar-refractivity contribution in [3.63, 3.8) is 0 Å². The normalized spacial score (nSPS) is 16.7. The van der Waals surface area contributed by atoms with Crippen LogP contribution in [0, 0.1) is 5.92 Å². The van der Waals surface area contributed by atoms with Crippen molar-refractivity contribution in [3.05, 3.63) is 35.4 Å². The van der Waals surface area contributed by atoms with Crippen LogP contribution >= 0.6 is 0 Å². The molecule has 0 aliphatic heterocycles. The van der Waals surface area contributed by atoms with Gasteiger partial charge < -0.3 is 4.90 Å². The fraction of sp³-hybridized carbons (Fsp3) is 0.625. The van der Waals surface area contributed by atoms with Crippen LogP contribution in [0.3, 0.4) is 0 Å². The topological polar surface area (TPSA) is 49.4 Å². The molecular formula is C16H26N2O2S. The molecule has 0 amide bonds. The summed E-state index contributed by atoms with van der Waals surface area (Å²) in [6, 6.07) is 8.01. The van der Waals surface area contributed by atoms with Gasteiger partial charge in [-0.05, 0) is 44.0 Å². The predicted molar refractivity (Wildman–Crippen MR) is 86.4 cm³/mol. The van der Waals surface area contributed by atoms with E-state index in [-0.39, 0.29) is 5.75 Å². The molecule has 0 spiro atoms. The molecule has 1 aliphatic carbocycles. The molecule has 1 aromatic rings. The van der Waals surface area contributed by atoms with E-state index in [4.69, 9.17) is 0 Å². The maximum absolute atomic E-state index is 12.2. The Morgan fingerprint density at radius 1 is 1.14 bits per heavy atom. The molecule has 21 heavy (non-hydrogen) atoms. The number of sulfonamides is 1. The van der Waals surface area contributed by atoms with Crippen LogP contribution in [-0.4, -0.2) is 33.2 Å². The van der Waals surface area contributed by atoms with E-state index in [0.717, 1.165) is 24.9 Å². The number of nitrogens with one attached hydrogen (secondary N) is 1. The number of nitrogens with zero attached hydrogens (tertiary/aromatic N) is 1. The average Bonchev–Trinajstić information content (AvgIpc) is 2.89. The van der Waals surface area contributed by atoms with Crippen LogP contribution in [0.25, 0.3) is 0 Å². The highest BCUT2D eigenvalue weighted by molar-refractivity contribution is 7.89. The number of hydrogen-bond acceptors (Lipinski definition) is 3. The first-order chi connectivity index (χ1) is 9.96. The summed E-state index contributed by atoms with van der Waals surface area (Å²) < 4.78 is 27.1. The predicted octanol–water partition coefficient (Wildman–Crippen LogP) is 2.36. The van der Waals surface area contributed by atoms with Crippen molar-refractivity contribution < 1.29 is 8.42 Å². The summed E-state index contributed by atoms with van der Waals surface area (Å²) in [6.07, 6.45) is 4.45. The van der Waals surface area contributed by atoms with Gasteiger partial charge in [-0.2, -0.15) is 0 Å². The third-order valence-corrected chi connectivity index (χ3v) is 5.51. The molecule has 0 heterocycles. The lowest BCUT2D eigenvalue weighted by Gasteiger charge is -2.15. The standard InChI is InChI=1S/C16H26N2O2S/c1-18(2)12-16-10-6-5-9-15(16)11-17-21(19,20)13-14-7-3-4-8-14/h5-6,9-10,14,17H,3-4,7-8,11-13H2,1-2H3. The highest BCUT2D eigenvalue weighted by Gasteiger charge is 2.22. The molecule has 5 heteroatoms. The van der Waals surface area contributed by atoms with Crippen LogP contribution in [0.5, 0.6) is 0 Å². The Balaban J connectivity index is 1.95. The first-order valence-electron chi connectivity index (χ1n) is 7.65. The number of hydrogen-bond donors (Lipinski definition) is 1. The molecular weight excluding hydrogens is 284 g/mol. The van der Waals surface area contributed by atoms with Crippen molar-refractivity contribution in [1.29, 1.82) is 0 Å². The van der Waals surface area contributed by atoms with Gasteiger partial charge in [-0.25, -0.2) is 13.1 Å². The molecule has 4 nitrogen and oxygen atoms in total. The highest BCUT2D eigenvalue weighted by atomic mass is 32.2. The maximum Gasteiger partial charge on any atom is 0.212 e. The Hall–Kier alpha value is -0.910. The Kier molecular flexibility index (Phi) is 5.79. The first-order valence-corrected chi connectivity index (χ1v) is 9.30. The minimum Gasteiger partial charge on any atom is -0.305 e. The highest BCUT2D eigenvalue weighted by Crippen LogP contribution is 2.25. The summed E-state index contributed by atoms with van der Waals surface area (Å²) in [4.78, 5) is 2.09. The second-order valence-electron chi connectivity index (χ2n) is 6.26. The van der Waals surface area contributed by atoms with E-state index in [0.29, 0.717) is 12.5 Å². The number of benzene rings is 1. The van der Waals surface area contributed by atoms with Crippen LogP contribution < -0.4 is 4.72 Å². The minimum absolute atomic E-state index is 0.281. The van der Waals surface area contributed by atoms with E-state index in [2.05, 4.69) is 15.7 Å². The Labute approximate surface area is 128 Å². The van der Waals surface area contributed by atoms with Crippen molar-refractivity contribution >= 4 is 10.0 Å². The smallest absolute Gasteiger partial charge is 0.212 e. The molecule has 0 atom stereocenters. The SMILES string of the molecule is CN(C)Cc1ccccc1CNS(=O)(=O)CC1CCCC1. The summed E-state index contributed by atoms with van der Waals surface area (Å²) in [5.41, 5.74) is 2.23. The zero-order chi connectivity index (χ0) is 15.3. The van der Waals surface area contributed by atoms with Crippen molar-refractivity contribution in [2.24, 2.45) is 5.92 Å². The molecule has 2 rings (SSSR count). The van der Waals surface area contributed by atoms with Gasteiger partial charge >= 0.3 is 0 Å². The van der Waals surface area contributed by atoms with E-state index >= 15 is 0 Å². The zero-order valence-electron chi connectivity index (χ0n) is 13.0. The lowest BCUT2D eigenvalue weighted by molar-refractivity contribution is 0.400. The van der Waals surface area contributed by atoms with Gasteiger partial charge in [0, 0.05) is 13.1 Å².